The number of carbonyl (C=O) groups is 1. The Morgan fingerprint density at radius 3 is 2.72 bits per heavy atom. The van der Waals surface area contributed by atoms with Crippen LogP contribution in [0, 0.1) is 0 Å². The molecule has 1 unspecified atom stereocenters. The van der Waals surface area contributed by atoms with Gasteiger partial charge in [0, 0.05) is 44.8 Å². The fourth-order valence-electron chi connectivity index (χ4n) is 3.70. The molecule has 1 saturated heterocycles. The van der Waals surface area contributed by atoms with Crippen LogP contribution in [0.1, 0.15) is 61.9 Å². The van der Waals surface area contributed by atoms with Gasteiger partial charge in [0.05, 0.1) is 0 Å². The first-order chi connectivity index (χ1) is 13.7. The molecule has 1 heterocycles. The van der Waals surface area contributed by atoms with Crippen molar-refractivity contribution in [1.82, 2.24) is 20.9 Å². The van der Waals surface area contributed by atoms with Crippen molar-refractivity contribution in [2.45, 2.75) is 58.5 Å². The Morgan fingerprint density at radius 2 is 2.00 bits per heavy atom. The normalized spacial score (nSPS) is 17.3. The summed E-state index contributed by atoms with van der Waals surface area (Å²) in [6.45, 7) is 8.81. The molecule has 1 atom stereocenters. The van der Waals surface area contributed by atoms with Crippen LogP contribution in [0.25, 0.3) is 0 Å². The minimum absolute atomic E-state index is 0. The van der Waals surface area contributed by atoms with Gasteiger partial charge in [-0.1, -0.05) is 32.4 Å². The lowest BCUT2D eigenvalue weighted by Crippen LogP contribution is -2.45. The van der Waals surface area contributed by atoms with Crippen molar-refractivity contribution in [3.63, 3.8) is 0 Å². The molecule has 2 rings (SSSR count). The standard InChI is InChI=1S/C22H37N5O.HI/c1-4-12-24-21(28)19-10-8-9-18(16-19)17-26-22(23-3)25-13-15-27-14-7-6-11-20(27)5-2;/h8-10,16,20H,4-7,11-15,17H2,1-3H3,(H,24,28)(H2,23,25,26);1H. The smallest absolute Gasteiger partial charge is 0.251 e. The lowest BCUT2D eigenvalue weighted by atomic mass is 10.0. The lowest BCUT2D eigenvalue weighted by Gasteiger charge is -2.35. The second kappa shape index (κ2) is 14.6. The number of likely N-dealkylation sites (tertiary alicyclic amines) is 1. The summed E-state index contributed by atoms with van der Waals surface area (Å²) in [5.74, 6) is 0.782. The van der Waals surface area contributed by atoms with Gasteiger partial charge in [0.2, 0.25) is 0 Å². The molecule has 0 spiro atoms. The van der Waals surface area contributed by atoms with Gasteiger partial charge >= 0.3 is 0 Å². The highest BCUT2D eigenvalue weighted by Gasteiger charge is 2.19. The van der Waals surface area contributed by atoms with E-state index in [1.54, 1.807) is 7.05 Å². The van der Waals surface area contributed by atoms with Gasteiger partial charge < -0.3 is 16.0 Å². The maximum absolute atomic E-state index is 12.1. The molecule has 3 N–H and O–H groups in total. The van der Waals surface area contributed by atoms with Crippen LogP contribution in [-0.2, 0) is 6.54 Å². The highest BCUT2D eigenvalue weighted by Crippen LogP contribution is 2.18. The Kier molecular flexibility index (Phi) is 12.9. The predicted molar refractivity (Wildman–Crippen MR) is 132 cm³/mol. The summed E-state index contributed by atoms with van der Waals surface area (Å²) in [4.78, 5) is 19.0. The van der Waals surface area contributed by atoms with Gasteiger partial charge in [-0.15, -0.1) is 24.0 Å². The zero-order chi connectivity index (χ0) is 20.2. The fraction of sp³-hybridized carbons (Fsp3) is 0.636. The Bertz CT molecular complexity index is 637. The van der Waals surface area contributed by atoms with Crippen LogP contribution in [0.2, 0.25) is 0 Å². The van der Waals surface area contributed by atoms with E-state index < -0.39 is 0 Å². The number of amides is 1. The molecule has 1 amide bonds. The minimum Gasteiger partial charge on any atom is -0.355 e. The van der Waals surface area contributed by atoms with Crippen molar-refractivity contribution in [2.24, 2.45) is 4.99 Å². The van der Waals surface area contributed by atoms with E-state index in [2.05, 4.69) is 32.8 Å². The summed E-state index contributed by atoms with van der Waals surface area (Å²) >= 11 is 0. The molecular formula is C22H38IN5O. The summed E-state index contributed by atoms with van der Waals surface area (Å²) in [5.41, 5.74) is 1.76. The van der Waals surface area contributed by atoms with Crippen LogP contribution >= 0.6 is 24.0 Å². The first-order valence-electron chi connectivity index (χ1n) is 10.7. The van der Waals surface area contributed by atoms with Gasteiger partial charge in [0.15, 0.2) is 5.96 Å². The first kappa shape index (κ1) is 25.7. The fourth-order valence-corrected chi connectivity index (χ4v) is 3.70. The third-order valence-electron chi connectivity index (χ3n) is 5.32. The van der Waals surface area contributed by atoms with Gasteiger partial charge in [-0.3, -0.25) is 14.7 Å². The summed E-state index contributed by atoms with van der Waals surface area (Å²) in [7, 11) is 1.79. The number of nitrogens with one attached hydrogen (secondary N) is 3. The van der Waals surface area contributed by atoms with E-state index in [9.17, 15) is 4.79 Å². The molecule has 0 radical (unpaired) electrons. The van der Waals surface area contributed by atoms with E-state index in [1.807, 2.05) is 31.2 Å². The van der Waals surface area contributed by atoms with E-state index >= 15 is 0 Å². The molecule has 0 bridgehead atoms. The molecule has 1 aliphatic rings. The summed E-state index contributed by atoms with van der Waals surface area (Å²) in [5, 5.41) is 9.68. The molecule has 0 aliphatic carbocycles. The number of aliphatic imine (C=N–C) groups is 1. The number of benzene rings is 1. The van der Waals surface area contributed by atoms with Gasteiger partial charge in [-0.25, -0.2) is 0 Å². The molecule has 1 fully saturated rings. The van der Waals surface area contributed by atoms with E-state index in [1.165, 1.54) is 32.2 Å². The largest absolute Gasteiger partial charge is 0.355 e. The second-order valence-electron chi connectivity index (χ2n) is 7.40. The molecule has 1 aromatic carbocycles. The molecular weight excluding hydrogens is 477 g/mol. The number of hydrogen-bond acceptors (Lipinski definition) is 3. The topological polar surface area (TPSA) is 68.8 Å². The molecule has 1 aromatic rings. The number of carbonyl (C=O) groups excluding carboxylic acids is 1. The third-order valence-corrected chi connectivity index (χ3v) is 5.32. The average molecular weight is 515 g/mol. The van der Waals surface area contributed by atoms with E-state index in [-0.39, 0.29) is 29.9 Å². The SMILES string of the molecule is CCCNC(=O)c1cccc(CNC(=NC)NCCN2CCCCC2CC)c1.I. The summed E-state index contributed by atoms with van der Waals surface area (Å²) in [6, 6.07) is 8.47. The van der Waals surface area contributed by atoms with E-state index in [0.717, 1.165) is 37.1 Å². The Morgan fingerprint density at radius 1 is 1.17 bits per heavy atom. The zero-order valence-corrected chi connectivity index (χ0v) is 20.5. The van der Waals surface area contributed by atoms with Crippen molar-refractivity contribution in [2.75, 3.05) is 33.2 Å². The molecule has 29 heavy (non-hydrogen) atoms. The lowest BCUT2D eigenvalue weighted by molar-refractivity contribution is 0.0953. The third kappa shape index (κ3) is 8.90. The van der Waals surface area contributed by atoms with E-state index in [0.29, 0.717) is 18.7 Å². The highest BCUT2D eigenvalue weighted by molar-refractivity contribution is 14.0. The number of rotatable bonds is 9. The highest BCUT2D eigenvalue weighted by atomic mass is 127. The van der Waals surface area contributed by atoms with Crippen molar-refractivity contribution < 1.29 is 4.79 Å². The van der Waals surface area contributed by atoms with Crippen LogP contribution in [0.5, 0.6) is 0 Å². The second-order valence-corrected chi connectivity index (χ2v) is 7.40. The molecule has 1 aliphatic heterocycles. The Hall–Kier alpha value is -1.35. The zero-order valence-electron chi connectivity index (χ0n) is 18.2. The van der Waals surface area contributed by atoms with Crippen molar-refractivity contribution in [3.8, 4) is 0 Å². The van der Waals surface area contributed by atoms with E-state index in [4.69, 9.17) is 0 Å². The summed E-state index contributed by atoms with van der Waals surface area (Å²) in [6.07, 6.45) is 6.17. The van der Waals surface area contributed by atoms with Crippen LogP contribution in [0.3, 0.4) is 0 Å². The predicted octanol–water partition coefficient (Wildman–Crippen LogP) is 3.37. The van der Waals surface area contributed by atoms with Crippen LogP contribution < -0.4 is 16.0 Å². The number of hydrogen-bond donors (Lipinski definition) is 3. The number of guanidine groups is 1. The molecule has 7 heteroatoms. The van der Waals surface area contributed by atoms with Crippen LogP contribution in [-0.4, -0.2) is 56.0 Å². The van der Waals surface area contributed by atoms with Crippen LogP contribution in [0.4, 0.5) is 0 Å². The van der Waals surface area contributed by atoms with Crippen molar-refractivity contribution >= 4 is 35.8 Å². The van der Waals surface area contributed by atoms with Gasteiger partial charge in [-0.05, 0) is 49.9 Å². The first-order valence-corrected chi connectivity index (χ1v) is 10.7. The monoisotopic (exact) mass is 515 g/mol. The molecule has 0 saturated carbocycles. The van der Waals surface area contributed by atoms with Gasteiger partial charge in [-0.2, -0.15) is 0 Å². The Labute approximate surface area is 193 Å². The van der Waals surface area contributed by atoms with Crippen molar-refractivity contribution in [3.05, 3.63) is 35.4 Å². The Balaban J connectivity index is 0.00000420. The van der Waals surface area contributed by atoms with Gasteiger partial charge in [0.25, 0.3) is 5.91 Å². The number of halogens is 1. The van der Waals surface area contributed by atoms with Gasteiger partial charge in [0.1, 0.15) is 0 Å². The maximum atomic E-state index is 12.1. The molecule has 164 valence electrons. The number of nitrogens with zero attached hydrogens (tertiary/aromatic N) is 2. The minimum atomic E-state index is -0.0155. The van der Waals surface area contributed by atoms with Crippen LogP contribution in [0.15, 0.2) is 29.3 Å². The maximum Gasteiger partial charge on any atom is 0.251 e. The number of piperidine rings is 1. The summed E-state index contributed by atoms with van der Waals surface area (Å²) < 4.78 is 0. The average Bonchev–Trinajstić information content (AvgIpc) is 2.74. The molecule has 0 aromatic heterocycles. The quantitative estimate of drug-likeness (QED) is 0.268. The van der Waals surface area contributed by atoms with Crippen molar-refractivity contribution in [1.29, 1.82) is 0 Å². The molecule has 6 nitrogen and oxygen atoms in total.